The summed E-state index contributed by atoms with van der Waals surface area (Å²) in [7, 11) is 2.76. The summed E-state index contributed by atoms with van der Waals surface area (Å²) in [5, 5.41) is 94.0. The van der Waals surface area contributed by atoms with E-state index in [4.69, 9.17) is 42.6 Å². The number of esters is 1. The first kappa shape index (κ1) is 42.5. The molecule has 0 aromatic heterocycles. The van der Waals surface area contributed by atoms with Gasteiger partial charge in [0, 0.05) is 6.08 Å². The molecule has 3 aliphatic rings. The van der Waals surface area contributed by atoms with Crippen LogP contribution >= 0.6 is 0 Å². The van der Waals surface area contributed by atoms with E-state index in [9.17, 15) is 50.8 Å². The predicted octanol–water partition coefficient (Wildman–Crippen LogP) is -1.94. The number of aliphatic hydroxyl groups is 7. The van der Waals surface area contributed by atoms with Gasteiger partial charge in [0.1, 0.15) is 48.3 Å². The number of aliphatic hydroxyl groups excluding tert-OH is 6. The van der Waals surface area contributed by atoms with E-state index in [-0.39, 0.29) is 36.0 Å². The monoisotopic (exact) mass is 784 g/mol. The summed E-state index contributed by atoms with van der Waals surface area (Å²) in [6, 6.07) is 9.00. The van der Waals surface area contributed by atoms with Gasteiger partial charge in [-0.05, 0) is 54.8 Å². The average molecular weight is 785 g/mol. The van der Waals surface area contributed by atoms with Gasteiger partial charge in [0.25, 0.3) is 0 Å². The number of aromatic hydroxyl groups is 2. The van der Waals surface area contributed by atoms with Gasteiger partial charge in [0.15, 0.2) is 48.0 Å². The molecule has 0 amide bonds. The molecule has 55 heavy (non-hydrogen) atoms. The summed E-state index contributed by atoms with van der Waals surface area (Å²) in [6.45, 7) is -0.565. The number of phenolic OH excluding ortho intramolecular Hbond substituents is 2. The third-order valence-electron chi connectivity index (χ3n) is 9.50. The second-order valence-corrected chi connectivity index (χ2v) is 13.3. The minimum atomic E-state index is -2.04. The first-order valence-electron chi connectivity index (χ1n) is 17.4. The molecular weight excluding hydrogens is 736 g/mol. The predicted molar refractivity (Wildman–Crippen MR) is 184 cm³/mol. The first-order valence-corrected chi connectivity index (χ1v) is 17.4. The van der Waals surface area contributed by atoms with Crippen LogP contribution in [0.4, 0.5) is 0 Å². The average Bonchev–Trinajstić information content (AvgIpc) is 3.46. The highest BCUT2D eigenvalue weighted by Crippen LogP contribution is 2.34. The van der Waals surface area contributed by atoms with Crippen LogP contribution in [-0.2, 0) is 44.4 Å². The molecular formula is C36H48O19. The van der Waals surface area contributed by atoms with Crippen LogP contribution in [0.25, 0.3) is 6.08 Å². The highest BCUT2D eigenvalue weighted by atomic mass is 16.8. The molecule has 3 fully saturated rings. The fourth-order valence-electron chi connectivity index (χ4n) is 6.19. The van der Waals surface area contributed by atoms with Gasteiger partial charge in [-0.15, -0.1) is 0 Å². The maximum atomic E-state index is 13.3. The van der Waals surface area contributed by atoms with Crippen molar-refractivity contribution in [1.82, 2.24) is 0 Å². The Morgan fingerprint density at radius 3 is 2.27 bits per heavy atom. The quantitative estimate of drug-likeness (QED) is 0.0701. The van der Waals surface area contributed by atoms with Crippen molar-refractivity contribution in [2.24, 2.45) is 0 Å². The van der Waals surface area contributed by atoms with Crippen LogP contribution in [0.2, 0.25) is 0 Å². The van der Waals surface area contributed by atoms with Crippen LogP contribution < -0.4 is 9.47 Å². The van der Waals surface area contributed by atoms with Crippen LogP contribution in [0.3, 0.4) is 0 Å². The van der Waals surface area contributed by atoms with E-state index < -0.39 is 105 Å². The lowest BCUT2D eigenvalue weighted by Gasteiger charge is -2.46. The van der Waals surface area contributed by atoms with Crippen molar-refractivity contribution >= 4 is 12.0 Å². The van der Waals surface area contributed by atoms with Crippen LogP contribution in [-0.4, -0.2) is 172 Å². The van der Waals surface area contributed by atoms with Gasteiger partial charge in [0.05, 0.1) is 46.8 Å². The summed E-state index contributed by atoms with van der Waals surface area (Å²) in [5.74, 6) is -0.859. The van der Waals surface area contributed by atoms with Crippen molar-refractivity contribution in [2.75, 3.05) is 40.6 Å². The standard InChI is InChI=1S/C36H48O19/c1-17-26(41)27(42)28(43)34(52-17)55-31-29(44)33(49-11-10-19-4-7-20(38)23(13-19)48-3)53-24(14-50-35-32(45)36(46,15-37)16-51-35)30(31)54-25(40)9-6-18-5-8-22(47-2)21(39)12-18/h4-9,12-13,17,24,26-35,37-39,41-46H,10-11,14-16H2,1-3H3/b9-6-/t17-,24+,26+,27-,28-,29+,30+,31-,32+,33-,34-,35-,36-/m1/s1. The second-order valence-electron chi connectivity index (χ2n) is 13.3. The van der Waals surface area contributed by atoms with Gasteiger partial charge in [0.2, 0.25) is 0 Å². The van der Waals surface area contributed by atoms with Crippen LogP contribution in [0.5, 0.6) is 23.0 Å². The number of methoxy groups -OCH3 is 2. The van der Waals surface area contributed by atoms with Crippen molar-refractivity contribution in [2.45, 2.75) is 92.8 Å². The highest BCUT2D eigenvalue weighted by molar-refractivity contribution is 5.87. The Morgan fingerprint density at radius 1 is 0.855 bits per heavy atom. The number of phenols is 2. The van der Waals surface area contributed by atoms with Gasteiger partial charge < -0.3 is 88.6 Å². The summed E-state index contributed by atoms with van der Waals surface area (Å²) in [4.78, 5) is 13.3. The molecule has 0 aliphatic carbocycles. The molecule has 3 heterocycles. The Morgan fingerprint density at radius 2 is 1.60 bits per heavy atom. The van der Waals surface area contributed by atoms with Crippen LogP contribution in [0.15, 0.2) is 42.5 Å². The summed E-state index contributed by atoms with van der Waals surface area (Å²) in [5.41, 5.74) is -0.974. The minimum Gasteiger partial charge on any atom is -0.504 e. The van der Waals surface area contributed by atoms with E-state index in [0.29, 0.717) is 11.1 Å². The van der Waals surface area contributed by atoms with Gasteiger partial charge in [-0.25, -0.2) is 4.79 Å². The Kier molecular flexibility index (Phi) is 14.3. The van der Waals surface area contributed by atoms with E-state index in [1.165, 1.54) is 45.4 Å². The van der Waals surface area contributed by atoms with Crippen molar-refractivity contribution in [3.05, 3.63) is 53.6 Å². The molecule has 5 rings (SSSR count). The number of carbonyl (C=O) groups excluding carboxylic acids is 1. The molecule has 3 aliphatic heterocycles. The first-order chi connectivity index (χ1) is 26.2. The Balaban J connectivity index is 1.42. The molecule has 19 nitrogen and oxygen atoms in total. The third kappa shape index (κ3) is 9.84. The zero-order valence-electron chi connectivity index (χ0n) is 30.2. The second kappa shape index (κ2) is 18.5. The number of hydrogen-bond donors (Lipinski definition) is 9. The summed E-state index contributed by atoms with van der Waals surface area (Å²) >= 11 is 0. The molecule has 0 radical (unpaired) electrons. The van der Waals surface area contributed by atoms with Gasteiger partial charge in [-0.2, -0.15) is 0 Å². The van der Waals surface area contributed by atoms with Crippen molar-refractivity contribution in [1.29, 1.82) is 0 Å². The lowest BCUT2D eigenvalue weighted by atomic mass is 9.96. The summed E-state index contributed by atoms with van der Waals surface area (Å²) < 4.78 is 50.7. The minimum absolute atomic E-state index is 0.0773. The van der Waals surface area contributed by atoms with E-state index in [2.05, 4.69) is 0 Å². The molecule has 19 heteroatoms. The molecule has 306 valence electrons. The smallest absolute Gasteiger partial charge is 0.331 e. The zero-order valence-corrected chi connectivity index (χ0v) is 30.2. The number of rotatable bonds is 15. The molecule has 13 atom stereocenters. The fraction of sp³-hybridized carbons (Fsp3) is 0.583. The molecule has 2 aromatic rings. The fourth-order valence-corrected chi connectivity index (χ4v) is 6.19. The number of hydrogen-bond acceptors (Lipinski definition) is 19. The Labute approximate surface area is 315 Å². The topological polar surface area (TPSA) is 282 Å². The summed E-state index contributed by atoms with van der Waals surface area (Å²) in [6.07, 6.45) is -16.4. The molecule has 0 bridgehead atoms. The van der Waals surface area contributed by atoms with Crippen molar-refractivity contribution < 1.29 is 93.4 Å². The normalized spacial score (nSPS) is 35.2. The SMILES string of the molecule is COc1ccc(/C=C\C(=O)O[C@@H]2[C@H](O[C@H]3O[C@H](C)[C@H](O)[C@@H](O)[C@H]3O)[C@H](O)[C@H](OCCc3ccc(O)c(OC)c3)O[C@H]2CO[C@@H]2OC[C@](O)(CO)[C@H]2O)cc1O. The number of ether oxygens (including phenoxy) is 9. The van der Waals surface area contributed by atoms with Crippen LogP contribution in [0, 0.1) is 0 Å². The van der Waals surface area contributed by atoms with E-state index in [0.717, 1.165) is 6.08 Å². The van der Waals surface area contributed by atoms with E-state index in [1.54, 1.807) is 18.2 Å². The molecule has 0 unspecified atom stereocenters. The lowest BCUT2D eigenvalue weighted by molar-refractivity contribution is -0.360. The molecule has 9 N–H and O–H groups in total. The lowest BCUT2D eigenvalue weighted by Crippen LogP contribution is -2.65. The van der Waals surface area contributed by atoms with Crippen molar-refractivity contribution in [3.63, 3.8) is 0 Å². The van der Waals surface area contributed by atoms with E-state index >= 15 is 0 Å². The largest absolute Gasteiger partial charge is 0.504 e. The maximum absolute atomic E-state index is 13.3. The molecule has 0 saturated carbocycles. The highest BCUT2D eigenvalue weighted by Gasteiger charge is 2.54. The Hall–Kier alpha value is -3.67. The van der Waals surface area contributed by atoms with E-state index in [1.807, 2.05) is 0 Å². The number of benzene rings is 2. The molecule has 0 spiro atoms. The number of carbonyl (C=O) groups is 1. The van der Waals surface area contributed by atoms with Crippen molar-refractivity contribution in [3.8, 4) is 23.0 Å². The third-order valence-corrected chi connectivity index (χ3v) is 9.50. The van der Waals surface area contributed by atoms with Gasteiger partial charge in [-0.1, -0.05) is 12.1 Å². The van der Waals surface area contributed by atoms with Gasteiger partial charge in [-0.3, -0.25) is 0 Å². The molecule has 2 aromatic carbocycles. The molecule has 3 saturated heterocycles. The Bertz CT molecular complexity index is 1610. The zero-order chi connectivity index (χ0) is 40.0. The maximum Gasteiger partial charge on any atom is 0.331 e. The van der Waals surface area contributed by atoms with Crippen LogP contribution in [0.1, 0.15) is 18.1 Å². The van der Waals surface area contributed by atoms with Gasteiger partial charge >= 0.3 is 5.97 Å².